The standard InChI is InChI=1S/C18H21BrN2O5S2/c1-13(14-4-8-16(9-5-14)27(3,23)24)20-18(22)12-21(2)28(25,26)17-10-6-15(19)7-11-17/h4-11,13H,12H2,1-3H3,(H,20,22). The summed E-state index contributed by atoms with van der Waals surface area (Å²) in [4.78, 5) is 12.6. The molecule has 10 heteroatoms. The molecule has 0 aliphatic rings. The van der Waals surface area contributed by atoms with Gasteiger partial charge in [-0.25, -0.2) is 16.8 Å². The van der Waals surface area contributed by atoms with Gasteiger partial charge in [0.1, 0.15) is 0 Å². The van der Waals surface area contributed by atoms with Gasteiger partial charge in [0.05, 0.1) is 22.4 Å². The van der Waals surface area contributed by atoms with Gasteiger partial charge in [-0.2, -0.15) is 4.31 Å². The third-order valence-electron chi connectivity index (χ3n) is 4.07. The minimum absolute atomic E-state index is 0.0930. The fourth-order valence-corrected chi connectivity index (χ4v) is 4.47. The van der Waals surface area contributed by atoms with Gasteiger partial charge in [-0.15, -0.1) is 0 Å². The molecule has 152 valence electrons. The quantitative estimate of drug-likeness (QED) is 0.644. The fourth-order valence-electron chi connectivity index (χ4n) is 2.45. The van der Waals surface area contributed by atoms with E-state index in [1.54, 1.807) is 31.2 Å². The highest BCUT2D eigenvalue weighted by atomic mass is 79.9. The lowest BCUT2D eigenvalue weighted by Crippen LogP contribution is -2.39. The first-order valence-electron chi connectivity index (χ1n) is 8.22. The Kier molecular flexibility index (Phi) is 7.02. The lowest BCUT2D eigenvalue weighted by atomic mass is 10.1. The normalized spacial score (nSPS) is 13.3. The molecule has 0 saturated carbocycles. The van der Waals surface area contributed by atoms with Crippen LogP contribution in [0.1, 0.15) is 18.5 Å². The highest BCUT2D eigenvalue weighted by Gasteiger charge is 2.23. The van der Waals surface area contributed by atoms with E-state index < -0.39 is 31.8 Å². The molecule has 0 radical (unpaired) electrons. The average molecular weight is 489 g/mol. The Labute approximate surface area is 173 Å². The first-order valence-corrected chi connectivity index (χ1v) is 12.3. The van der Waals surface area contributed by atoms with Gasteiger partial charge in [-0.1, -0.05) is 28.1 Å². The van der Waals surface area contributed by atoms with Crippen molar-refractivity contribution in [3.05, 3.63) is 58.6 Å². The van der Waals surface area contributed by atoms with Crippen LogP contribution in [0, 0.1) is 0 Å². The minimum atomic E-state index is -3.79. The summed E-state index contributed by atoms with van der Waals surface area (Å²) >= 11 is 3.25. The molecule has 0 aliphatic carbocycles. The Morgan fingerprint density at radius 3 is 2.00 bits per heavy atom. The van der Waals surface area contributed by atoms with Crippen molar-refractivity contribution in [3.8, 4) is 0 Å². The first kappa shape index (κ1) is 22.5. The molecule has 2 aromatic carbocycles. The van der Waals surface area contributed by atoms with E-state index in [0.717, 1.165) is 15.0 Å². The maximum atomic E-state index is 12.5. The van der Waals surface area contributed by atoms with Crippen LogP contribution in [0.25, 0.3) is 0 Å². The van der Waals surface area contributed by atoms with E-state index >= 15 is 0 Å². The van der Waals surface area contributed by atoms with Crippen LogP contribution in [-0.4, -0.2) is 46.9 Å². The number of benzene rings is 2. The highest BCUT2D eigenvalue weighted by Crippen LogP contribution is 2.19. The number of halogens is 1. The number of sulfone groups is 1. The molecule has 1 unspecified atom stereocenters. The van der Waals surface area contributed by atoms with Gasteiger partial charge in [0.2, 0.25) is 15.9 Å². The number of likely N-dealkylation sites (N-methyl/N-ethyl adjacent to an activating group) is 1. The second-order valence-corrected chi connectivity index (χ2v) is 11.3. The molecular formula is C18H21BrN2O5S2. The largest absolute Gasteiger partial charge is 0.348 e. The molecule has 0 aromatic heterocycles. The van der Waals surface area contributed by atoms with Crippen molar-refractivity contribution in [2.45, 2.75) is 22.8 Å². The van der Waals surface area contributed by atoms with Crippen LogP contribution >= 0.6 is 15.9 Å². The Morgan fingerprint density at radius 1 is 1.00 bits per heavy atom. The summed E-state index contributed by atoms with van der Waals surface area (Å²) in [5, 5.41) is 2.72. The van der Waals surface area contributed by atoms with Crippen LogP contribution in [-0.2, 0) is 24.7 Å². The van der Waals surface area contributed by atoms with E-state index in [1.165, 1.54) is 31.3 Å². The van der Waals surface area contributed by atoms with Gasteiger partial charge in [-0.05, 0) is 48.9 Å². The molecule has 0 saturated heterocycles. The topological polar surface area (TPSA) is 101 Å². The van der Waals surface area contributed by atoms with Crippen LogP contribution in [0.5, 0.6) is 0 Å². The van der Waals surface area contributed by atoms with Gasteiger partial charge in [0, 0.05) is 17.8 Å². The van der Waals surface area contributed by atoms with Gasteiger partial charge < -0.3 is 5.32 Å². The molecule has 1 amide bonds. The van der Waals surface area contributed by atoms with Gasteiger partial charge in [-0.3, -0.25) is 4.79 Å². The van der Waals surface area contributed by atoms with Crippen LogP contribution in [0.4, 0.5) is 0 Å². The predicted octanol–water partition coefficient (Wildman–Crippen LogP) is 2.35. The Morgan fingerprint density at radius 2 is 1.50 bits per heavy atom. The Balaban J connectivity index is 2.03. The van der Waals surface area contributed by atoms with Crippen LogP contribution in [0.15, 0.2) is 62.8 Å². The fraction of sp³-hybridized carbons (Fsp3) is 0.278. The van der Waals surface area contributed by atoms with Crippen LogP contribution in [0.3, 0.4) is 0 Å². The van der Waals surface area contributed by atoms with Crippen molar-refractivity contribution in [3.63, 3.8) is 0 Å². The number of sulfonamides is 1. The summed E-state index contributed by atoms with van der Waals surface area (Å²) in [5.41, 5.74) is 0.708. The average Bonchev–Trinajstić information content (AvgIpc) is 2.61. The predicted molar refractivity (Wildman–Crippen MR) is 110 cm³/mol. The maximum Gasteiger partial charge on any atom is 0.243 e. The lowest BCUT2D eigenvalue weighted by molar-refractivity contribution is -0.121. The number of nitrogens with zero attached hydrogens (tertiary/aromatic N) is 1. The van der Waals surface area contributed by atoms with Crippen molar-refractivity contribution in [1.82, 2.24) is 9.62 Å². The van der Waals surface area contributed by atoms with E-state index in [9.17, 15) is 21.6 Å². The summed E-state index contributed by atoms with van der Waals surface area (Å²) < 4.78 is 49.8. The second kappa shape index (κ2) is 8.73. The number of carbonyl (C=O) groups is 1. The van der Waals surface area contributed by atoms with E-state index in [1.807, 2.05) is 0 Å². The summed E-state index contributed by atoms with van der Waals surface area (Å²) in [5.74, 6) is -0.470. The zero-order valence-electron chi connectivity index (χ0n) is 15.6. The van der Waals surface area contributed by atoms with Crippen molar-refractivity contribution in [2.24, 2.45) is 0 Å². The maximum absolute atomic E-state index is 12.5. The zero-order chi connectivity index (χ0) is 21.1. The third-order valence-corrected chi connectivity index (χ3v) is 7.55. The van der Waals surface area contributed by atoms with Crippen LogP contribution < -0.4 is 5.32 Å². The number of nitrogens with one attached hydrogen (secondary N) is 1. The summed E-state index contributed by atoms with van der Waals surface area (Å²) in [6, 6.07) is 11.9. The molecule has 2 rings (SSSR count). The molecule has 2 aromatic rings. The van der Waals surface area contributed by atoms with Crippen molar-refractivity contribution in [2.75, 3.05) is 19.8 Å². The highest BCUT2D eigenvalue weighted by molar-refractivity contribution is 9.10. The monoisotopic (exact) mass is 488 g/mol. The van der Waals surface area contributed by atoms with E-state index in [4.69, 9.17) is 0 Å². The van der Waals surface area contributed by atoms with Crippen LogP contribution in [0.2, 0.25) is 0 Å². The summed E-state index contributed by atoms with van der Waals surface area (Å²) in [6.45, 7) is 1.39. The van der Waals surface area contributed by atoms with Crippen molar-refractivity contribution < 1.29 is 21.6 Å². The molecule has 0 aliphatic heterocycles. The third kappa shape index (κ3) is 5.63. The van der Waals surface area contributed by atoms with E-state index in [2.05, 4.69) is 21.2 Å². The molecule has 0 bridgehead atoms. The molecule has 0 spiro atoms. The molecule has 0 fully saturated rings. The SMILES string of the molecule is CC(NC(=O)CN(C)S(=O)(=O)c1ccc(Br)cc1)c1ccc(S(C)(=O)=O)cc1. The molecule has 28 heavy (non-hydrogen) atoms. The Bertz CT molecular complexity index is 1050. The number of carbonyl (C=O) groups excluding carboxylic acids is 1. The van der Waals surface area contributed by atoms with Gasteiger partial charge in [0.25, 0.3) is 0 Å². The summed E-state index contributed by atoms with van der Waals surface area (Å²) in [6.07, 6.45) is 1.12. The van der Waals surface area contributed by atoms with Crippen molar-refractivity contribution >= 4 is 41.7 Å². The molecule has 1 atom stereocenters. The van der Waals surface area contributed by atoms with E-state index in [0.29, 0.717) is 5.56 Å². The van der Waals surface area contributed by atoms with Crippen molar-refractivity contribution in [1.29, 1.82) is 0 Å². The number of rotatable bonds is 7. The smallest absolute Gasteiger partial charge is 0.243 e. The number of hydrogen-bond donors (Lipinski definition) is 1. The summed E-state index contributed by atoms with van der Waals surface area (Å²) in [7, 11) is -5.75. The molecule has 7 nitrogen and oxygen atoms in total. The second-order valence-electron chi connectivity index (χ2n) is 6.35. The Hall–Kier alpha value is -1.75. The van der Waals surface area contributed by atoms with Gasteiger partial charge >= 0.3 is 0 Å². The molecular weight excluding hydrogens is 468 g/mol. The molecule has 1 N–H and O–H groups in total. The zero-order valence-corrected chi connectivity index (χ0v) is 18.8. The molecule has 0 heterocycles. The van der Waals surface area contributed by atoms with E-state index in [-0.39, 0.29) is 16.3 Å². The first-order chi connectivity index (χ1) is 12.9. The number of amides is 1. The van der Waals surface area contributed by atoms with Gasteiger partial charge in [0.15, 0.2) is 9.84 Å². The lowest BCUT2D eigenvalue weighted by Gasteiger charge is -2.19. The minimum Gasteiger partial charge on any atom is -0.348 e. The number of hydrogen-bond acceptors (Lipinski definition) is 5.